The van der Waals surface area contributed by atoms with E-state index < -0.39 is 11.6 Å². The molecule has 13 heteroatoms. The number of anilines is 2. The molecule has 3 aromatic heterocycles. The zero-order chi connectivity index (χ0) is 31.9. The van der Waals surface area contributed by atoms with Gasteiger partial charge in [0.2, 0.25) is 17.6 Å². The first-order valence-corrected chi connectivity index (χ1v) is 14.1. The van der Waals surface area contributed by atoms with Crippen molar-refractivity contribution in [3.8, 4) is 28.6 Å². The van der Waals surface area contributed by atoms with Crippen molar-refractivity contribution in [2.75, 3.05) is 32.1 Å². The van der Waals surface area contributed by atoms with Crippen molar-refractivity contribution in [1.29, 1.82) is 0 Å². The number of aromatic nitrogens is 4. The molecule has 2 aromatic carbocycles. The molecule has 0 bridgehead atoms. The second-order valence-electron chi connectivity index (χ2n) is 9.80. The lowest BCUT2D eigenvalue weighted by molar-refractivity contribution is -0.119. The number of rotatable bonds is 13. The number of aryl methyl sites for hydroxylation is 1. The van der Waals surface area contributed by atoms with Crippen molar-refractivity contribution in [2.24, 2.45) is 5.73 Å². The van der Waals surface area contributed by atoms with Gasteiger partial charge in [-0.05, 0) is 42.3 Å². The summed E-state index contributed by atoms with van der Waals surface area (Å²) in [4.78, 5) is 24.3. The van der Waals surface area contributed by atoms with E-state index in [-0.39, 0.29) is 29.6 Å². The summed E-state index contributed by atoms with van der Waals surface area (Å²) in [6.45, 7) is 7.04. The number of nitrogens with one attached hydrogen (secondary N) is 3. The fourth-order valence-electron chi connectivity index (χ4n) is 4.65. The first-order chi connectivity index (χ1) is 21.8. The second kappa shape index (κ2) is 13.8. The van der Waals surface area contributed by atoms with E-state index in [9.17, 15) is 4.79 Å². The monoisotopic (exact) mass is 614 g/mol. The predicted octanol–water partition coefficient (Wildman–Crippen LogP) is 4.81. The Hall–Kier alpha value is -5.56. The summed E-state index contributed by atoms with van der Waals surface area (Å²) in [6, 6.07) is 11.7. The van der Waals surface area contributed by atoms with Gasteiger partial charge in [-0.2, -0.15) is 4.39 Å². The number of carbonyl (C=O) groups excluding carboxylic acids is 1. The summed E-state index contributed by atoms with van der Waals surface area (Å²) in [5.74, 6) is -1.75. The van der Waals surface area contributed by atoms with Crippen LogP contribution in [0, 0.1) is 11.6 Å². The first-order valence-electron chi connectivity index (χ1n) is 14.1. The van der Waals surface area contributed by atoms with Gasteiger partial charge < -0.3 is 31.2 Å². The third-order valence-electron chi connectivity index (χ3n) is 6.96. The maximum atomic E-state index is 15.4. The minimum Gasteiger partial charge on any atom is -0.495 e. The SMILES string of the molecule is C=C(NCCNC(=O)CN)c1ccc(Nc2nccn3c(-c4ccc(Oc5ccc(OC)cn5)c(F)c4F)cnc23)cc1CC. The number of nitrogens with zero attached hydrogens (tertiary/aromatic N) is 4. The summed E-state index contributed by atoms with van der Waals surface area (Å²) < 4.78 is 42.6. The van der Waals surface area contributed by atoms with Gasteiger partial charge in [-0.15, -0.1) is 0 Å². The summed E-state index contributed by atoms with van der Waals surface area (Å²) in [6.07, 6.45) is 6.78. The van der Waals surface area contributed by atoms with Gasteiger partial charge in [0.1, 0.15) is 5.75 Å². The van der Waals surface area contributed by atoms with Crippen LogP contribution >= 0.6 is 0 Å². The van der Waals surface area contributed by atoms with Crippen LogP contribution in [0.4, 0.5) is 20.3 Å². The molecule has 0 spiro atoms. The molecule has 232 valence electrons. The average molecular weight is 615 g/mol. The Morgan fingerprint density at radius 1 is 1.02 bits per heavy atom. The summed E-state index contributed by atoms with van der Waals surface area (Å²) >= 11 is 0. The van der Waals surface area contributed by atoms with Gasteiger partial charge in [-0.25, -0.2) is 19.3 Å². The van der Waals surface area contributed by atoms with Crippen LogP contribution in [-0.2, 0) is 11.2 Å². The molecule has 45 heavy (non-hydrogen) atoms. The minimum atomic E-state index is -1.16. The fourth-order valence-corrected chi connectivity index (χ4v) is 4.65. The van der Waals surface area contributed by atoms with Crippen molar-refractivity contribution < 1.29 is 23.0 Å². The van der Waals surface area contributed by atoms with Crippen LogP contribution in [0.3, 0.4) is 0 Å². The van der Waals surface area contributed by atoms with Crippen LogP contribution < -0.4 is 31.2 Å². The number of halogens is 2. The molecule has 0 aliphatic heterocycles. The van der Waals surface area contributed by atoms with Crippen LogP contribution in [0.15, 0.2) is 73.8 Å². The van der Waals surface area contributed by atoms with E-state index in [2.05, 4.69) is 37.5 Å². The number of pyridine rings is 1. The topological polar surface area (TPSA) is 141 Å². The second-order valence-corrected chi connectivity index (χ2v) is 9.80. The van der Waals surface area contributed by atoms with Crippen LogP contribution in [0.5, 0.6) is 17.4 Å². The van der Waals surface area contributed by atoms with E-state index in [1.807, 2.05) is 25.1 Å². The molecular weight excluding hydrogens is 582 g/mol. The van der Waals surface area contributed by atoms with Crippen molar-refractivity contribution in [3.05, 3.63) is 96.6 Å². The van der Waals surface area contributed by atoms with E-state index in [1.165, 1.54) is 37.7 Å². The van der Waals surface area contributed by atoms with Crippen LogP contribution in [-0.4, -0.2) is 52.0 Å². The third kappa shape index (κ3) is 6.83. The average Bonchev–Trinajstić information content (AvgIpc) is 3.50. The molecule has 0 saturated carbocycles. The van der Waals surface area contributed by atoms with Gasteiger partial charge in [-0.3, -0.25) is 9.20 Å². The Labute approximate surface area is 258 Å². The van der Waals surface area contributed by atoms with E-state index in [1.54, 1.807) is 22.9 Å². The number of ether oxygens (including phenoxy) is 2. The number of hydrogen-bond acceptors (Lipinski definition) is 9. The van der Waals surface area contributed by atoms with Crippen LogP contribution in [0.2, 0.25) is 0 Å². The molecule has 1 amide bonds. The van der Waals surface area contributed by atoms with E-state index in [0.29, 0.717) is 36.0 Å². The Kier molecular flexibility index (Phi) is 9.49. The maximum Gasteiger partial charge on any atom is 0.233 e. The Balaban J connectivity index is 1.34. The summed E-state index contributed by atoms with van der Waals surface area (Å²) in [5.41, 5.74) is 9.52. The van der Waals surface area contributed by atoms with Crippen LogP contribution in [0.25, 0.3) is 22.6 Å². The molecule has 11 nitrogen and oxygen atoms in total. The molecule has 5 aromatic rings. The molecule has 0 aliphatic carbocycles. The highest BCUT2D eigenvalue weighted by molar-refractivity contribution is 5.78. The number of hydrogen-bond donors (Lipinski definition) is 4. The fraction of sp³-hybridized carbons (Fsp3) is 0.188. The molecule has 0 saturated heterocycles. The maximum absolute atomic E-state index is 15.4. The van der Waals surface area contributed by atoms with Gasteiger partial charge in [0.15, 0.2) is 23.0 Å². The van der Waals surface area contributed by atoms with Gasteiger partial charge in [0.25, 0.3) is 0 Å². The first kappa shape index (κ1) is 30.9. The molecule has 5 rings (SSSR count). The lowest BCUT2D eigenvalue weighted by atomic mass is 10.0. The smallest absolute Gasteiger partial charge is 0.233 e. The summed E-state index contributed by atoms with van der Waals surface area (Å²) in [5, 5.41) is 9.22. The molecule has 0 atom stereocenters. The van der Waals surface area contributed by atoms with E-state index in [0.717, 1.165) is 28.9 Å². The van der Waals surface area contributed by atoms with Gasteiger partial charge >= 0.3 is 0 Å². The highest BCUT2D eigenvalue weighted by Crippen LogP contribution is 2.33. The van der Waals surface area contributed by atoms with Crippen LogP contribution in [0.1, 0.15) is 18.1 Å². The number of imidazole rings is 1. The summed E-state index contributed by atoms with van der Waals surface area (Å²) in [7, 11) is 1.50. The number of benzene rings is 2. The predicted molar refractivity (Wildman–Crippen MR) is 167 cm³/mol. The standard InChI is InChI=1S/C32H32F2N8O3/c1-4-20-15-21(5-7-23(20)19(2)36-11-12-37-27(43)16-35)41-31-32-40-18-25(42(32)14-13-38-31)24-8-9-26(30(34)29(24)33)45-28-10-6-22(44-3)17-39-28/h5-10,13-15,17-18,36H,2,4,11-12,16,35H2,1,3H3,(H,37,43)(H,38,41). The number of amides is 1. The van der Waals surface area contributed by atoms with E-state index >= 15 is 8.78 Å². The molecular formula is C32H32F2N8O3. The highest BCUT2D eigenvalue weighted by atomic mass is 19.2. The lowest BCUT2D eigenvalue weighted by Crippen LogP contribution is -2.35. The lowest BCUT2D eigenvalue weighted by Gasteiger charge is -2.16. The third-order valence-corrected chi connectivity index (χ3v) is 6.96. The van der Waals surface area contributed by atoms with Crippen molar-refractivity contribution in [1.82, 2.24) is 30.0 Å². The van der Waals surface area contributed by atoms with Gasteiger partial charge in [0.05, 0.1) is 31.7 Å². The number of nitrogens with two attached hydrogens (primary N) is 1. The molecule has 5 N–H and O–H groups in total. The largest absolute Gasteiger partial charge is 0.495 e. The quantitative estimate of drug-likeness (QED) is 0.138. The normalized spacial score (nSPS) is 10.9. The zero-order valence-corrected chi connectivity index (χ0v) is 24.7. The molecule has 0 radical (unpaired) electrons. The zero-order valence-electron chi connectivity index (χ0n) is 24.7. The van der Waals surface area contributed by atoms with Crippen molar-refractivity contribution in [3.63, 3.8) is 0 Å². The molecule has 0 unspecified atom stereocenters. The Morgan fingerprint density at radius 3 is 2.58 bits per heavy atom. The minimum absolute atomic E-state index is 0.00146. The van der Waals surface area contributed by atoms with Crippen molar-refractivity contribution >= 4 is 28.8 Å². The highest BCUT2D eigenvalue weighted by Gasteiger charge is 2.20. The molecule has 0 aliphatic rings. The van der Waals surface area contributed by atoms with E-state index in [4.69, 9.17) is 15.2 Å². The van der Waals surface area contributed by atoms with Gasteiger partial charge in [0, 0.05) is 54.1 Å². The Morgan fingerprint density at radius 2 is 1.84 bits per heavy atom. The molecule has 0 fully saturated rings. The van der Waals surface area contributed by atoms with Crippen molar-refractivity contribution in [2.45, 2.75) is 13.3 Å². The Bertz CT molecular complexity index is 1840. The molecule has 3 heterocycles. The number of carbonyl (C=O) groups is 1. The van der Waals surface area contributed by atoms with Gasteiger partial charge in [-0.1, -0.05) is 19.6 Å². The number of methoxy groups -OCH3 is 1. The number of fused-ring (bicyclic) bond motifs is 1.